The summed E-state index contributed by atoms with van der Waals surface area (Å²) in [6, 6.07) is 9.84. The number of amides is 1. The second-order valence-electron chi connectivity index (χ2n) is 5.94. The van der Waals surface area contributed by atoms with Gasteiger partial charge in [0.15, 0.2) is 6.10 Å². The van der Waals surface area contributed by atoms with E-state index in [9.17, 15) is 13.2 Å². The molecule has 1 amide bonds. The average molecular weight is 395 g/mol. The molecule has 0 fully saturated rings. The number of ether oxygens (including phenoxy) is 1. The number of sulfonamides is 1. The summed E-state index contributed by atoms with van der Waals surface area (Å²) in [5, 5.41) is 2.68. The molecule has 0 radical (unpaired) electrons. The Hall–Kier alpha value is -2.25. The molecule has 0 aromatic heterocycles. The van der Waals surface area contributed by atoms with Gasteiger partial charge in [0.05, 0.1) is 10.7 Å². The molecule has 1 aliphatic rings. The molecule has 0 spiro atoms. The van der Waals surface area contributed by atoms with Crippen LogP contribution in [-0.4, -0.2) is 20.4 Å². The van der Waals surface area contributed by atoms with Crippen LogP contribution in [-0.2, 0) is 21.2 Å². The molecular weight excluding hydrogens is 376 g/mol. The lowest BCUT2D eigenvalue weighted by molar-refractivity contribution is -0.123. The number of nitrogens with one attached hydrogen (secondary N) is 2. The average Bonchev–Trinajstić information content (AvgIpc) is 2.61. The summed E-state index contributed by atoms with van der Waals surface area (Å²) in [6.07, 6.45) is 0.678. The van der Waals surface area contributed by atoms with Gasteiger partial charge in [-0.15, -0.1) is 0 Å². The van der Waals surface area contributed by atoms with E-state index in [1.54, 1.807) is 12.1 Å². The largest absolute Gasteiger partial charge is 0.478 e. The standard InChI is InChI=1S/C18H19ClN2O4S/c1-3-11-5-7-12(8-6-11)21-26(23,24)17-10-16-14(9-13(17)19)20-18(22)15(4-2)25-16/h5-10,15,21H,3-4H2,1-2H3,(H,20,22). The second kappa shape index (κ2) is 7.17. The monoisotopic (exact) mass is 394 g/mol. The zero-order valence-corrected chi connectivity index (χ0v) is 15.9. The molecule has 0 aliphatic carbocycles. The smallest absolute Gasteiger partial charge is 0.265 e. The Kier molecular flexibility index (Phi) is 5.11. The molecule has 26 heavy (non-hydrogen) atoms. The maximum absolute atomic E-state index is 12.7. The van der Waals surface area contributed by atoms with E-state index in [1.165, 1.54) is 12.1 Å². The predicted octanol–water partition coefficient (Wildman–Crippen LogP) is 3.81. The zero-order chi connectivity index (χ0) is 18.9. The highest BCUT2D eigenvalue weighted by atomic mass is 35.5. The van der Waals surface area contributed by atoms with Gasteiger partial charge in [0.2, 0.25) is 0 Å². The molecule has 8 heteroatoms. The van der Waals surface area contributed by atoms with E-state index < -0.39 is 16.1 Å². The first-order chi connectivity index (χ1) is 12.3. The number of fused-ring (bicyclic) bond motifs is 1. The molecule has 2 aromatic rings. The van der Waals surface area contributed by atoms with E-state index in [-0.39, 0.29) is 21.6 Å². The van der Waals surface area contributed by atoms with Crippen molar-refractivity contribution >= 4 is 38.9 Å². The number of carbonyl (C=O) groups excluding carboxylic acids is 1. The van der Waals surface area contributed by atoms with Gasteiger partial charge in [-0.1, -0.05) is 37.6 Å². The number of carbonyl (C=O) groups is 1. The van der Waals surface area contributed by atoms with Crippen molar-refractivity contribution in [3.05, 3.63) is 47.0 Å². The van der Waals surface area contributed by atoms with Crippen LogP contribution < -0.4 is 14.8 Å². The van der Waals surface area contributed by atoms with Crippen LogP contribution in [0.15, 0.2) is 41.3 Å². The van der Waals surface area contributed by atoms with Crippen molar-refractivity contribution in [2.24, 2.45) is 0 Å². The molecule has 1 heterocycles. The summed E-state index contributed by atoms with van der Waals surface area (Å²) in [5.74, 6) is 0.00312. The van der Waals surface area contributed by atoms with Gasteiger partial charge in [-0.05, 0) is 36.6 Å². The summed E-state index contributed by atoms with van der Waals surface area (Å²) in [4.78, 5) is 11.8. The van der Waals surface area contributed by atoms with Crippen molar-refractivity contribution < 1.29 is 17.9 Å². The third-order valence-corrected chi connectivity index (χ3v) is 5.97. The number of hydrogen-bond donors (Lipinski definition) is 2. The van der Waals surface area contributed by atoms with Crippen LogP contribution in [0.2, 0.25) is 5.02 Å². The number of aryl methyl sites for hydroxylation is 1. The Morgan fingerprint density at radius 2 is 1.88 bits per heavy atom. The molecule has 1 atom stereocenters. The normalized spacial score (nSPS) is 16.4. The third-order valence-electron chi connectivity index (χ3n) is 4.13. The molecular formula is C18H19ClN2O4S. The van der Waals surface area contributed by atoms with E-state index in [2.05, 4.69) is 10.0 Å². The van der Waals surface area contributed by atoms with Gasteiger partial charge in [0.1, 0.15) is 10.6 Å². The van der Waals surface area contributed by atoms with Crippen LogP contribution >= 0.6 is 11.6 Å². The molecule has 3 rings (SSSR count). The first kappa shape index (κ1) is 18.5. The lowest BCUT2D eigenvalue weighted by Crippen LogP contribution is -2.36. The van der Waals surface area contributed by atoms with Gasteiger partial charge in [0.25, 0.3) is 15.9 Å². The minimum Gasteiger partial charge on any atom is -0.478 e. The van der Waals surface area contributed by atoms with Crippen LogP contribution in [0, 0.1) is 0 Å². The van der Waals surface area contributed by atoms with E-state index in [4.69, 9.17) is 16.3 Å². The summed E-state index contributed by atoms with van der Waals surface area (Å²) < 4.78 is 33.6. The molecule has 0 saturated carbocycles. The third kappa shape index (κ3) is 3.64. The maximum Gasteiger partial charge on any atom is 0.265 e. The first-order valence-electron chi connectivity index (χ1n) is 8.27. The van der Waals surface area contributed by atoms with Crippen LogP contribution in [0.1, 0.15) is 25.8 Å². The second-order valence-corrected chi connectivity index (χ2v) is 8.00. The minimum atomic E-state index is -3.91. The van der Waals surface area contributed by atoms with Gasteiger partial charge in [-0.3, -0.25) is 9.52 Å². The first-order valence-corrected chi connectivity index (χ1v) is 10.1. The van der Waals surface area contributed by atoms with Gasteiger partial charge < -0.3 is 10.1 Å². The van der Waals surface area contributed by atoms with E-state index in [0.29, 0.717) is 17.8 Å². The number of benzene rings is 2. The molecule has 1 aliphatic heterocycles. The van der Waals surface area contributed by atoms with Crippen LogP contribution in [0.3, 0.4) is 0 Å². The van der Waals surface area contributed by atoms with Crippen molar-refractivity contribution in [2.75, 3.05) is 10.0 Å². The van der Waals surface area contributed by atoms with Crippen LogP contribution in [0.25, 0.3) is 0 Å². The number of anilines is 2. The van der Waals surface area contributed by atoms with Crippen molar-refractivity contribution in [3.63, 3.8) is 0 Å². The Balaban J connectivity index is 1.93. The summed E-state index contributed by atoms with van der Waals surface area (Å²) in [6.45, 7) is 3.83. The Bertz CT molecular complexity index is 942. The SMILES string of the molecule is CCc1ccc(NS(=O)(=O)c2cc3c(cc2Cl)NC(=O)C(CC)O3)cc1. The molecule has 138 valence electrons. The van der Waals surface area contributed by atoms with Gasteiger partial charge in [-0.2, -0.15) is 0 Å². The van der Waals surface area contributed by atoms with Crippen molar-refractivity contribution in [1.82, 2.24) is 0 Å². The number of rotatable bonds is 5. The molecule has 2 aromatic carbocycles. The lowest BCUT2D eigenvalue weighted by atomic mass is 10.2. The fraction of sp³-hybridized carbons (Fsp3) is 0.278. The van der Waals surface area contributed by atoms with Crippen molar-refractivity contribution in [3.8, 4) is 5.75 Å². The highest BCUT2D eigenvalue weighted by molar-refractivity contribution is 7.92. The van der Waals surface area contributed by atoms with Gasteiger partial charge in [0, 0.05) is 11.8 Å². The Morgan fingerprint density at radius 3 is 2.50 bits per heavy atom. The van der Waals surface area contributed by atoms with Crippen molar-refractivity contribution in [1.29, 1.82) is 0 Å². The molecule has 2 N–H and O–H groups in total. The minimum absolute atomic E-state index is 0.000256. The van der Waals surface area contributed by atoms with Gasteiger partial charge in [-0.25, -0.2) is 8.42 Å². The Morgan fingerprint density at radius 1 is 1.19 bits per heavy atom. The quantitative estimate of drug-likeness (QED) is 0.807. The maximum atomic E-state index is 12.7. The zero-order valence-electron chi connectivity index (χ0n) is 14.4. The van der Waals surface area contributed by atoms with E-state index in [1.807, 2.05) is 26.0 Å². The van der Waals surface area contributed by atoms with E-state index >= 15 is 0 Å². The molecule has 1 unspecified atom stereocenters. The van der Waals surface area contributed by atoms with Gasteiger partial charge >= 0.3 is 0 Å². The highest BCUT2D eigenvalue weighted by Crippen LogP contribution is 2.37. The predicted molar refractivity (Wildman–Crippen MR) is 101 cm³/mol. The molecule has 6 nitrogen and oxygen atoms in total. The number of halogens is 1. The molecule has 0 bridgehead atoms. The van der Waals surface area contributed by atoms with Crippen LogP contribution in [0.5, 0.6) is 5.75 Å². The summed E-state index contributed by atoms with van der Waals surface area (Å²) >= 11 is 6.15. The van der Waals surface area contributed by atoms with Crippen LogP contribution in [0.4, 0.5) is 11.4 Å². The lowest BCUT2D eigenvalue weighted by Gasteiger charge is -2.25. The Labute approximate surface area is 157 Å². The summed E-state index contributed by atoms with van der Waals surface area (Å²) in [7, 11) is -3.91. The fourth-order valence-corrected chi connectivity index (χ4v) is 4.25. The van der Waals surface area contributed by atoms with E-state index in [0.717, 1.165) is 12.0 Å². The summed E-state index contributed by atoms with van der Waals surface area (Å²) in [5.41, 5.74) is 1.90. The topological polar surface area (TPSA) is 84.5 Å². The fourth-order valence-electron chi connectivity index (χ4n) is 2.64. The number of hydrogen-bond acceptors (Lipinski definition) is 4. The molecule has 0 saturated heterocycles. The highest BCUT2D eigenvalue weighted by Gasteiger charge is 2.29. The van der Waals surface area contributed by atoms with Crippen molar-refractivity contribution in [2.45, 2.75) is 37.7 Å².